The Morgan fingerprint density at radius 2 is 2.75 bits per heavy atom. The maximum Gasteiger partial charge on any atom is 0.434 e. The Morgan fingerprint density at radius 1 is 2.00 bits per heavy atom. The van der Waals surface area contributed by atoms with Crippen molar-refractivity contribution in [2.75, 3.05) is 0 Å². The van der Waals surface area contributed by atoms with E-state index in [1.165, 1.54) is 0 Å². The molecule has 0 aliphatic heterocycles. The highest BCUT2D eigenvalue weighted by Gasteiger charge is 1.93. The van der Waals surface area contributed by atoms with E-state index < -0.39 is 5.76 Å². The number of aromatic nitrogens is 2. The van der Waals surface area contributed by atoms with Gasteiger partial charge in [-0.2, -0.15) is 0 Å². The molecular formula is C4H8N2O2. The van der Waals surface area contributed by atoms with Gasteiger partial charge in [-0.1, -0.05) is 6.92 Å². The fourth-order valence-electron chi connectivity index (χ4n) is 0.412. The molecule has 0 amide bonds. The van der Waals surface area contributed by atoms with Crippen molar-refractivity contribution >= 4 is 0 Å². The molecule has 46 valence electrons. The lowest BCUT2D eigenvalue weighted by molar-refractivity contribution is 0.467. The Morgan fingerprint density at radius 3 is 3.00 bits per heavy atom. The van der Waals surface area contributed by atoms with Crippen molar-refractivity contribution in [2.45, 2.75) is 13.3 Å². The van der Waals surface area contributed by atoms with Crippen LogP contribution in [0.5, 0.6) is 0 Å². The summed E-state index contributed by atoms with van der Waals surface area (Å²) in [5.41, 5.74) is 0. The minimum absolute atomic E-state index is 0. The van der Waals surface area contributed by atoms with Gasteiger partial charge in [0, 0.05) is 7.85 Å². The van der Waals surface area contributed by atoms with Crippen molar-refractivity contribution < 1.29 is 5.84 Å². The lowest BCUT2D eigenvalue weighted by Crippen LogP contribution is -1.93. The van der Waals surface area contributed by atoms with E-state index in [9.17, 15) is 4.79 Å². The average Bonchev–Trinajstić information content (AvgIpc) is 2.14. The molecule has 4 nitrogen and oxygen atoms in total. The second kappa shape index (κ2) is 1.81. The first-order valence-electron chi connectivity index (χ1n) is 2.37. The van der Waals surface area contributed by atoms with E-state index in [0.717, 1.165) is 0 Å². The van der Waals surface area contributed by atoms with Gasteiger partial charge in [0.05, 0.1) is 0 Å². The second-order valence-corrected chi connectivity index (χ2v) is 1.36. The summed E-state index contributed by atoms with van der Waals surface area (Å²) in [6.45, 7) is 1.86. The molecule has 0 radical (unpaired) electrons. The van der Waals surface area contributed by atoms with Crippen LogP contribution in [0.3, 0.4) is 0 Å². The van der Waals surface area contributed by atoms with Crippen molar-refractivity contribution in [1.82, 2.24) is 10.2 Å². The summed E-state index contributed by atoms with van der Waals surface area (Å²) in [7, 11) is 0. The van der Waals surface area contributed by atoms with Crippen molar-refractivity contribution in [3.05, 3.63) is 16.4 Å². The molecule has 4 heteroatoms. The average molecular weight is 116 g/mol. The topological polar surface area (TPSA) is 58.9 Å². The van der Waals surface area contributed by atoms with E-state index in [1.54, 1.807) is 0 Å². The molecule has 0 aliphatic carbocycles. The SMILES string of the molecule is CCc1n[nH]c(=O)o1.[HH]. The third-order valence-corrected chi connectivity index (χ3v) is 0.785. The van der Waals surface area contributed by atoms with Gasteiger partial charge in [-0.3, -0.25) is 0 Å². The quantitative estimate of drug-likeness (QED) is 0.569. The fraction of sp³-hybridized carbons (Fsp3) is 0.500. The van der Waals surface area contributed by atoms with E-state index in [1.807, 2.05) is 6.92 Å². The molecule has 1 aromatic heterocycles. The van der Waals surface area contributed by atoms with Gasteiger partial charge in [-0.25, -0.2) is 9.89 Å². The van der Waals surface area contributed by atoms with Crippen molar-refractivity contribution in [3.8, 4) is 0 Å². The highest BCUT2D eigenvalue weighted by atomic mass is 16.4. The van der Waals surface area contributed by atoms with Crippen LogP contribution in [0.4, 0.5) is 0 Å². The standard InChI is InChI=1S/C4H6N2O2.H2/c1-2-3-5-6-4(7)8-3;/h2H2,1H3,(H,6,7);1H. The Labute approximate surface area is 47.0 Å². The van der Waals surface area contributed by atoms with E-state index in [0.29, 0.717) is 12.3 Å². The summed E-state index contributed by atoms with van der Waals surface area (Å²) in [4.78, 5) is 10.2. The van der Waals surface area contributed by atoms with Crippen LogP contribution in [0.15, 0.2) is 9.21 Å². The number of aryl methyl sites for hydroxylation is 1. The van der Waals surface area contributed by atoms with E-state index in [-0.39, 0.29) is 1.43 Å². The van der Waals surface area contributed by atoms with Gasteiger partial charge < -0.3 is 4.42 Å². The lowest BCUT2D eigenvalue weighted by Gasteiger charge is -1.74. The molecule has 0 bridgehead atoms. The number of nitrogens with zero attached hydrogens (tertiary/aromatic N) is 1. The number of H-pyrrole nitrogens is 1. The van der Waals surface area contributed by atoms with Gasteiger partial charge in [-0.05, 0) is 0 Å². The fourth-order valence-corrected chi connectivity index (χ4v) is 0.412. The summed E-state index contributed by atoms with van der Waals surface area (Å²) >= 11 is 0. The van der Waals surface area contributed by atoms with Crippen molar-refractivity contribution in [3.63, 3.8) is 0 Å². The summed E-state index contributed by atoms with van der Waals surface area (Å²) in [6, 6.07) is 0. The van der Waals surface area contributed by atoms with Gasteiger partial charge >= 0.3 is 5.76 Å². The largest absolute Gasteiger partial charge is 0.434 e. The number of hydrogen-bond acceptors (Lipinski definition) is 3. The molecule has 0 aromatic carbocycles. The van der Waals surface area contributed by atoms with Crippen LogP contribution in [0.1, 0.15) is 14.2 Å². The summed E-state index contributed by atoms with van der Waals surface area (Å²) in [5, 5.41) is 5.68. The molecule has 1 heterocycles. The molecule has 1 N–H and O–H groups in total. The molecule has 0 unspecified atom stereocenters. The third-order valence-electron chi connectivity index (χ3n) is 0.785. The number of aromatic amines is 1. The minimum atomic E-state index is -0.484. The van der Waals surface area contributed by atoms with Crippen LogP contribution in [0.2, 0.25) is 0 Å². The molecule has 0 fully saturated rings. The second-order valence-electron chi connectivity index (χ2n) is 1.36. The van der Waals surface area contributed by atoms with Crippen LogP contribution in [0.25, 0.3) is 0 Å². The number of rotatable bonds is 1. The molecule has 0 atom stereocenters. The summed E-state index contributed by atoms with van der Waals surface area (Å²) in [5.74, 6) is -0.0307. The molecule has 0 saturated heterocycles. The molecule has 8 heavy (non-hydrogen) atoms. The zero-order chi connectivity index (χ0) is 5.98. The summed E-state index contributed by atoms with van der Waals surface area (Å²) < 4.78 is 4.51. The van der Waals surface area contributed by atoms with E-state index >= 15 is 0 Å². The van der Waals surface area contributed by atoms with Crippen molar-refractivity contribution in [1.29, 1.82) is 0 Å². The highest BCUT2D eigenvalue weighted by Crippen LogP contribution is 1.84. The Bertz CT molecular complexity index is 216. The van der Waals surface area contributed by atoms with Crippen LogP contribution in [-0.2, 0) is 6.42 Å². The smallest absolute Gasteiger partial charge is 0.393 e. The predicted octanol–water partition coefficient (Wildman–Crippen LogP) is 0.171. The lowest BCUT2D eigenvalue weighted by atomic mass is 10.5. The monoisotopic (exact) mass is 116 g/mol. The Balaban J connectivity index is 0.000000640. The first-order chi connectivity index (χ1) is 3.83. The Hall–Kier alpha value is -1.06. The maximum atomic E-state index is 10.2. The zero-order valence-electron chi connectivity index (χ0n) is 4.47. The van der Waals surface area contributed by atoms with Crippen LogP contribution < -0.4 is 5.76 Å². The first-order valence-corrected chi connectivity index (χ1v) is 2.37. The first kappa shape index (κ1) is 5.08. The van der Waals surface area contributed by atoms with E-state index in [2.05, 4.69) is 14.6 Å². The molecule has 0 spiro atoms. The number of hydrogen-bond donors (Lipinski definition) is 1. The zero-order valence-corrected chi connectivity index (χ0v) is 4.47. The third kappa shape index (κ3) is 0.776. The molecule has 1 aromatic rings. The van der Waals surface area contributed by atoms with E-state index in [4.69, 9.17) is 0 Å². The molecular weight excluding hydrogens is 108 g/mol. The normalized spacial score (nSPS) is 9.62. The minimum Gasteiger partial charge on any atom is -0.393 e. The van der Waals surface area contributed by atoms with Gasteiger partial charge in [0.2, 0.25) is 5.89 Å². The molecule has 0 saturated carbocycles. The highest BCUT2D eigenvalue weighted by molar-refractivity contribution is 4.68. The maximum absolute atomic E-state index is 10.2. The van der Waals surface area contributed by atoms with Crippen LogP contribution >= 0.6 is 0 Å². The van der Waals surface area contributed by atoms with Gasteiger partial charge in [0.1, 0.15) is 0 Å². The van der Waals surface area contributed by atoms with Gasteiger partial charge in [-0.15, -0.1) is 5.10 Å². The predicted molar refractivity (Wildman–Crippen MR) is 28.6 cm³/mol. The van der Waals surface area contributed by atoms with Crippen LogP contribution in [-0.4, -0.2) is 10.2 Å². The van der Waals surface area contributed by atoms with Crippen LogP contribution in [0, 0.1) is 0 Å². The Kier molecular flexibility index (Phi) is 1.15. The summed E-state index contributed by atoms with van der Waals surface area (Å²) in [6.07, 6.45) is 0.652. The molecule has 1 rings (SSSR count). The molecule has 0 aliphatic rings. The van der Waals surface area contributed by atoms with Crippen molar-refractivity contribution in [2.24, 2.45) is 0 Å². The van der Waals surface area contributed by atoms with Gasteiger partial charge in [0.15, 0.2) is 0 Å². The van der Waals surface area contributed by atoms with Gasteiger partial charge in [0.25, 0.3) is 0 Å². The number of nitrogens with one attached hydrogen (secondary N) is 1.